The van der Waals surface area contributed by atoms with Gasteiger partial charge >= 0.3 is 0 Å². The van der Waals surface area contributed by atoms with E-state index < -0.39 is 0 Å². The first kappa shape index (κ1) is 13.6. The van der Waals surface area contributed by atoms with E-state index in [1.165, 1.54) is 6.42 Å². The maximum Gasteiger partial charge on any atom is 0.224 e. The molecular weight excluding hydrogens is 246 g/mol. The Morgan fingerprint density at radius 2 is 1.83 bits per heavy atom. The Hall–Kier alpha value is -0.830. The van der Waals surface area contributed by atoms with E-state index in [-0.39, 0.29) is 0 Å². The second kappa shape index (κ2) is 4.69. The van der Waals surface area contributed by atoms with Gasteiger partial charge in [-0.1, -0.05) is 27.7 Å². The molecule has 1 aliphatic carbocycles. The van der Waals surface area contributed by atoms with Crippen molar-refractivity contribution in [3.05, 3.63) is 17.5 Å². The summed E-state index contributed by atoms with van der Waals surface area (Å²) in [6.07, 6.45) is 5.29. The molecule has 0 unspecified atom stereocenters. The lowest BCUT2D eigenvalue weighted by Crippen LogP contribution is -2.40. The molecule has 0 spiro atoms. The maximum atomic E-state index is 5.81. The average molecular weight is 268 g/mol. The van der Waals surface area contributed by atoms with Crippen LogP contribution in [-0.4, -0.2) is 16.0 Å². The van der Waals surface area contributed by atoms with Gasteiger partial charge in [0.05, 0.1) is 0 Å². The summed E-state index contributed by atoms with van der Waals surface area (Å²) in [5, 5.41) is 3.80. The third-order valence-electron chi connectivity index (χ3n) is 3.53. The first-order valence-corrected chi connectivity index (χ1v) is 6.89. The maximum absolute atomic E-state index is 5.81. The predicted octanol–water partition coefficient (Wildman–Crippen LogP) is 4.15. The van der Waals surface area contributed by atoms with Crippen LogP contribution in [0.25, 0.3) is 0 Å². The molecule has 1 fully saturated rings. The van der Waals surface area contributed by atoms with Crippen LogP contribution in [0, 0.1) is 10.8 Å². The first-order valence-electron chi connectivity index (χ1n) is 6.51. The highest BCUT2D eigenvalue weighted by Crippen LogP contribution is 2.46. The van der Waals surface area contributed by atoms with Gasteiger partial charge in [-0.05, 0) is 47.8 Å². The molecule has 3 nitrogen and oxygen atoms in total. The van der Waals surface area contributed by atoms with Crippen LogP contribution in [0.2, 0.25) is 5.28 Å². The van der Waals surface area contributed by atoms with Gasteiger partial charge < -0.3 is 5.32 Å². The molecule has 0 amide bonds. The number of aromatic nitrogens is 2. The lowest BCUT2D eigenvalue weighted by molar-refractivity contribution is 0.105. The van der Waals surface area contributed by atoms with Gasteiger partial charge in [-0.2, -0.15) is 0 Å². The number of hydrogen-bond donors (Lipinski definition) is 1. The number of halogens is 1. The summed E-state index contributed by atoms with van der Waals surface area (Å²) in [7, 11) is 0. The van der Waals surface area contributed by atoms with Gasteiger partial charge in [0.1, 0.15) is 5.82 Å². The molecule has 1 saturated carbocycles. The monoisotopic (exact) mass is 267 g/mol. The number of anilines is 1. The average Bonchev–Trinajstić information content (AvgIpc) is 2.11. The van der Waals surface area contributed by atoms with Crippen molar-refractivity contribution in [1.82, 2.24) is 9.97 Å². The highest BCUT2D eigenvalue weighted by atomic mass is 35.5. The largest absolute Gasteiger partial charge is 0.367 e. The van der Waals surface area contributed by atoms with E-state index in [9.17, 15) is 0 Å². The predicted molar refractivity (Wildman–Crippen MR) is 75.9 cm³/mol. The fourth-order valence-electron chi connectivity index (χ4n) is 3.57. The molecule has 100 valence electrons. The summed E-state index contributed by atoms with van der Waals surface area (Å²) in [6.45, 7) is 9.37. The topological polar surface area (TPSA) is 37.8 Å². The standard InChI is InChI=1S/C14H22ClN3/c1-13(2)7-10(8-14(3,4)9-13)17-11-5-6-16-12(15)18-11/h5-6,10H,7-9H2,1-4H3,(H,16,17,18). The molecule has 2 rings (SSSR count). The minimum Gasteiger partial charge on any atom is -0.367 e. The van der Waals surface area contributed by atoms with Crippen molar-refractivity contribution in [3.63, 3.8) is 0 Å². The molecule has 0 atom stereocenters. The van der Waals surface area contributed by atoms with E-state index in [1.54, 1.807) is 6.20 Å². The molecule has 1 heterocycles. The summed E-state index contributed by atoms with van der Waals surface area (Å²) in [5.74, 6) is 0.827. The van der Waals surface area contributed by atoms with Crippen LogP contribution in [0.1, 0.15) is 47.0 Å². The Kier molecular flexibility index (Phi) is 3.54. The minimum atomic E-state index is 0.300. The van der Waals surface area contributed by atoms with Crippen LogP contribution in [-0.2, 0) is 0 Å². The summed E-state index contributed by atoms with van der Waals surface area (Å²) in [6, 6.07) is 2.33. The highest BCUT2D eigenvalue weighted by Gasteiger charge is 2.38. The lowest BCUT2D eigenvalue weighted by Gasteiger charge is -2.45. The van der Waals surface area contributed by atoms with Gasteiger partial charge in [0.2, 0.25) is 5.28 Å². The molecule has 1 aliphatic rings. The zero-order chi connectivity index (χ0) is 13.4. The van der Waals surface area contributed by atoms with Crippen molar-refractivity contribution in [2.24, 2.45) is 10.8 Å². The molecule has 0 aromatic carbocycles. The summed E-state index contributed by atoms with van der Waals surface area (Å²) >= 11 is 5.81. The van der Waals surface area contributed by atoms with E-state index in [4.69, 9.17) is 11.6 Å². The SMILES string of the molecule is CC1(C)CC(Nc2ccnc(Cl)n2)CC(C)(C)C1. The van der Waals surface area contributed by atoms with Crippen molar-refractivity contribution in [1.29, 1.82) is 0 Å². The smallest absolute Gasteiger partial charge is 0.224 e. The molecule has 0 bridgehead atoms. The summed E-state index contributed by atoms with van der Waals surface area (Å²) in [4.78, 5) is 8.11. The van der Waals surface area contributed by atoms with Crippen LogP contribution in [0.3, 0.4) is 0 Å². The third-order valence-corrected chi connectivity index (χ3v) is 3.72. The van der Waals surface area contributed by atoms with E-state index in [0.717, 1.165) is 18.7 Å². The molecule has 1 aromatic heterocycles. The van der Waals surface area contributed by atoms with Crippen LogP contribution in [0.4, 0.5) is 5.82 Å². The summed E-state index contributed by atoms with van der Waals surface area (Å²) in [5.41, 5.74) is 0.743. The van der Waals surface area contributed by atoms with Crippen LogP contribution in [0.5, 0.6) is 0 Å². The Morgan fingerprint density at radius 1 is 1.22 bits per heavy atom. The Morgan fingerprint density at radius 3 is 2.39 bits per heavy atom. The van der Waals surface area contributed by atoms with Gasteiger partial charge in [0.25, 0.3) is 0 Å². The fraction of sp³-hybridized carbons (Fsp3) is 0.714. The Balaban J connectivity index is 2.09. The molecule has 0 saturated heterocycles. The Labute approximate surface area is 114 Å². The van der Waals surface area contributed by atoms with Crippen molar-refractivity contribution in [3.8, 4) is 0 Å². The fourth-order valence-corrected chi connectivity index (χ4v) is 3.72. The molecule has 0 aliphatic heterocycles. The van der Waals surface area contributed by atoms with Crippen molar-refractivity contribution >= 4 is 17.4 Å². The highest BCUT2D eigenvalue weighted by molar-refractivity contribution is 6.28. The Bertz CT molecular complexity index is 413. The molecule has 0 radical (unpaired) electrons. The van der Waals surface area contributed by atoms with Gasteiger partial charge in [-0.25, -0.2) is 9.97 Å². The van der Waals surface area contributed by atoms with E-state index in [0.29, 0.717) is 22.2 Å². The van der Waals surface area contributed by atoms with Gasteiger partial charge in [-0.3, -0.25) is 0 Å². The van der Waals surface area contributed by atoms with Gasteiger partial charge in [0, 0.05) is 12.2 Å². The first-order chi connectivity index (χ1) is 8.26. The van der Waals surface area contributed by atoms with Crippen molar-refractivity contribution < 1.29 is 0 Å². The van der Waals surface area contributed by atoms with Crippen molar-refractivity contribution in [2.75, 3.05) is 5.32 Å². The zero-order valence-electron chi connectivity index (χ0n) is 11.6. The van der Waals surface area contributed by atoms with Crippen LogP contribution in [0.15, 0.2) is 12.3 Å². The normalized spacial score (nSPS) is 22.7. The quantitative estimate of drug-likeness (QED) is 0.818. The van der Waals surface area contributed by atoms with Crippen molar-refractivity contribution in [2.45, 2.75) is 53.0 Å². The lowest BCUT2D eigenvalue weighted by atomic mass is 9.63. The molecule has 1 aromatic rings. The number of hydrogen-bond acceptors (Lipinski definition) is 3. The van der Waals surface area contributed by atoms with E-state index in [2.05, 4.69) is 43.0 Å². The third kappa shape index (κ3) is 3.58. The summed E-state index contributed by atoms with van der Waals surface area (Å²) < 4.78 is 0. The van der Waals surface area contributed by atoms with Crippen LogP contribution < -0.4 is 5.32 Å². The number of nitrogens with zero attached hydrogens (tertiary/aromatic N) is 2. The van der Waals surface area contributed by atoms with Gasteiger partial charge in [0.15, 0.2) is 0 Å². The van der Waals surface area contributed by atoms with Crippen LogP contribution >= 0.6 is 11.6 Å². The van der Waals surface area contributed by atoms with E-state index >= 15 is 0 Å². The van der Waals surface area contributed by atoms with E-state index in [1.807, 2.05) is 6.07 Å². The number of nitrogens with one attached hydrogen (secondary N) is 1. The number of rotatable bonds is 2. The molecule has 1 N–H and O–H groups in total. The second-order valence-electron chi connectivity index (χ2n) is 6.97. The molecule has 18 heavy (non-hydrogen) atoms. The second-order valence-corrected chi connectivity index (χ2v) is 7.30. The van der Waals surface area contributed by atoms with Gasteiger partial charge in [-0.15, -0.1) is 0 Å². The zero-order valence-corrected chi connectivity index (χ0v) is 12.4. The molecular formula is C14H22ClN3. The minimum absolute atomic E-state index is 0.300. The molecule has 4 heteroatoms.